The Balaban J connectivity index is 1.57. The van der Waals surface area contributed by atoms with Gasteiger partial charge in [0.1, 0.15) is 0 Å². The van der Waals surface area contributed by atoms with Crippen molar-refractivity contribution in [2.24, 2.45) is 0 Å². The number of nitrogens with zero attached hydrogens (tertiary/aromatic N) is 2. The smallest absolute Gasteiger partial charge is 0.387 e. The van der Waals surface area contributed by atoms with E-state index >= 15 is 0 Å². The third-order valence-corrected chi connectivity index (χ3v) is 3.93. The van der Waals surface area contributed by atoms with Gasteiger partial charge in [-0.05, 0) is 30.7 Å². The summed E-state index contributed by atoms with van der Waals surface area (Å²) >= 11 is 0. The summed E-state index contributed by atoms with van der Waals surface area (Å²) in [6.07, 6.45) is 2.63. The van der Waals surface area contributed by atoms with Gasteiger partial charge in [0.2, 0.25) is 5.82 Å². The average Bonchev–Trinajstić information content (AvgIpc) is 3.20. The molecule has 0 amide bonds. The average molecular weight is 416 g/mol. The molecule has 156 valence electrons. The molecule has 1 aromatic heterocycles. The van der Waals surface area contributed by atoms with E-state index < -0.39 is 12.6 Å². The predicted molar refractivity (Wildman–Crippen MR) is 103 cm³/mol. The number of ether oxygens (including phenoxy) is 3. The van der Waals surface area contributed by atoms with Crippen molar-refractivity contribution >= 4 is 12.0 Å². The van der Waals surface area contributed by atoms with Gasteiger partial charge in [-0.2, -0.15) is 13.8 Å². The summed E-state index contributed by atoms with van der Waals surface area (Å²) in [5.74, 6) is -0.0810. The van der Waals surface area contributed by atoms with E-state index in [0.717, 1.165) is 11.1 Å². The molecule has 0 saturated carbocycles. The van der Waals surface area contributed by atoms with Crippen LogP contribution >= 0.6 is 0 Å². The van der Waals surface area contributed by atoms with Crippen LogP contribution in [0.5, 0.6) is 11.5 Å². The molecule has 0 saturated heterocycles. The maximum atomic E-state index is 12.4. The minimum atomic E-state index is -2.97. The van der Waals surface area contributed by atoms with E-state index in [-0.39, 0.29) is 24.0 Å². The fourth-order valence-corrected chi connectivity index (χ4v) is 2.46. The first kappa shape index (κ1) is 21.0. The zero-order chi connectivity index (χ0) is 21.5. The second-order valence-electron chi connectivity index (χ2n) is 6.11. The minimum absolute atomic E-state index is 0.104. The van der Waals surface area contributed by atoms with Gasteiger partial charge >= 0.3 is 12.6 Å². The Labute approximate surface area is 170 Å². The fraction of sp³-hybridized carbons (Fsp3) is 0.190. The standard InChI is InChI=1S/C21H18F2N2O5/c1-13-3-7-15(8-4-13)20-24-18(30-25-20)12-28-19(26)10-6-14-5-9-16(29-21(22)23)17(11-14)27-2/h3-11,21H,12H2,1-2H3/b10-6+. The Morgan fingerprint density at radius 1 is 1.17 bits per heavy atom. The van der Waals surface area contributed by atoms with Crippen molar-refractivity contribution < 1.29 is 32.3 Å². The first-order valence-electron chi connectivity index (χ1n) is 8.82. The van der Waals surface area contributed by atoms with Crippen molar-refractivity contribution in [3.63, 3.8) is 0 Å². The molecule has 0 spiro atoms. The van der Waals surface area contributed by atoms with Crippen LogP contribution in [0.1, 0.15) is 17.0 Å². The summed E-state index contributed by atoms with van der Waals surface area (Å²) in [7, 11) is 1.32. The number of benzene rings is 2. The molecule has 0 fully saturated rings. The number of hydrogen-bond donors (Lipinski definition) is 0. The van der Waals surface area contributed by atoms with Gasteiger partial charge in [0, 0.05) is 11.6 Å². The largest absolute Gasteiger partial charge is 0.493 e. The third kappa shape index (κ3) is 5.63. The van der Waals surface area contributed by atoms with Crippen LogP contribution in [0.4, 0.5) is 8.78 Å². The van der Waals surface area contributed by atoms with Gasteiger partial charge in [-0.3, -0.25) is 0 Å². The number of halogens is 2. The van der Waals surface area contributed by atoms with Gasteiger partial charge < -0.3 is 18.7 Å². The Morgan fingerprint density at radius 2 is 1.93 bits per heavy atom. The number of carbonyl (C=O) groups is 1. The van der Waals surface area contributed by atoms with E-state index in [1.165, 1.54) is 37.5 Å². The van der Waals surface area contributed by atoms with E-state index in [1.54, 1.807) is 0 Å². The van der Waals surface area contributed by atoms with Crippen molar-refractivity contribution in [1.82, 2.24) is 10.1 Å². The van der Waals surface area contributed by atoms with Crippen LogP contribution in [0.25, 0.3) is 17.5 Å². The molecule has 0 aliphatic carbocycles. The predicted octanol–water partition coefficient (Wildman–Crippen LogP) is 4.41. The highest BCUT2D eigenvalue weighted by atomic mass is 19.3. The van der Waals surface area contributed by atoms with Gasteiger partial charge in [0.25, 0.3) is 5.89 Å². The van der Waals surface area contributed by atoms with Crippen molar-refractivity contribution in [1.29, 1.82) is 0 Å². The number of alkyl halides is 2. The number of aromatic nitrogens is 2. The first-order valence-corrected chi connectivity index (χ1v) is 8.82. The van der Waals surface area contributed by atoms with Gasteiger partial charge in [-0.1, -0.05) is 41.1 Å². The molecule has 0 unspecified atom stereocenters. The molecule has 0 atom stereocenters. The lowest BCUT2D eigenvalue weighted by molar-refractivity contribution is -0.139. The maximum absolute atomic E-state index is 12.4. The number of rotatable bonds is 8. The van der Waals surface area contributed by atoms with Crippen LogP contribution in [-0.4, -0.2) is 29.8 Å². The highest BCUT2D eigenvalue weighted by Gasteiger charge is 2.12. The molecular formula is C21H18F2N2O5. The molecule has 0 bridgehead atoms. The van der Waals surface area contributed by atoms with E-state index in [2.05, 4.69) is 14.9 Å². The molecule has 0 radical (unpaired) electrons. The Kier molecular flexibility index (Phi) is 6.74. The molecule has 0 aliphatic heterocycles. The highest BCUT2D eigenvalue weighted by Crippen LogP contribution is 2.29. The topological polar surface area (TPSA) is 83.7 Å². The molecule has 7 nitrogen and oxygen atoms in total. The Hall–Kier alpha value is -3.75. The first-order chi connectivity index (χ1) is 14.4. The zero-order valence-corrected chi connectivity index (χ0v) is 16.2. The summed E-state index contributed by atoms with van der Waals surface area (Å²) < 4.78 is 44.2. The van der Waals surface area contributed by atoms with E-state index in [4.69, 9.17) is 14.0 Å². The Bertz CT molecular complexity index is 1030. The summed E-state index contributed by atoms with van der Waals surface area (Å²) in [6.45, 7) is -1.18. The van der Waals surface area contributed by atoms with Crippen LogP contribution in [0.3, 0.4) is 0 Å². The summed E-state index contributed by atoms with van der Waals surface area (Å²) in [6, 6.07) is 11.9. The van der Waals surface area contributed by atoms with Crippen molar-refractivity contribution in [3.05, 3.63) is 65.6 Å². The maximum Gasteiger partial charge on any atom is 0.387 e. The summed E-state index contributed by atoms with van der Waals surface area (Å²) in [4.78, 5) is 16.1. The molecule has 0 aliphatic rings. The molecule has 3 aromatic rings. The lowest BCUT2D eigenvalue weighted by Gasteiger charge is -2.10. The lowest BCUT2D eigenvalue weighted by atomic mass is 10.1. The van der Waals surface area contributed by atoms with Gasteiger partial charge in [0.15, 0.2) is 18.1 Å². The molecule has 30 heavy (non-hydrogen) atoms. The van der Waals surface area contributed by atoms with Crippen molar-refractivity contribution in [2.75, 3.05) is 7.11 Å². The molecule has 2 aromatic carbocycles. The third-order valence-electron chi connectivity index (χ3n) is 3.93. The van der Waals surface area contributed by atoms with Crippen molar-refractivity contribution in [3.8, 4) is 22.9 Å². The van der Waals surface area contributed by atoms with Crippen LogP contribution in [-0.2, 0) is 16.1 Å². The molecule has 9 heteroatoms. The summed E-state index contributed by atoms with van der Waals surface area (Å²) in [5.41, 5.74) is 2.43. The molecular weight excluding hydrogens is 398 g/mol. The number of esters is 1. The second kappa shape index (κ2) is 9.64. The number of carbonyl (C=O) groups excluding carboxylic acids is 1. The Morgan fingerprint density at radius 3 is 2.63 bits per heavy atom. The number of aryl methyl sites for hydroxylation is 1. The zero-order valence-electron chi connectivity index (χ0n) is 16.2. The highest BCUT2D eigenvalue weighted by molar-refractivity contribution is 5.87. The monoisotopic (exact) mass is 416 g/mol. The second-order valence-corrected chi connectivity index (χ2v) is 6.11. The minimum Gasteiger partial charge on any atom is -0.493 e. The van der Waals surface area contributed by atoms with Gasteiger partial charge in [-0.25, -0.2) is 4.79 Å². The molecule has 0 N–H and O–H groups in total. The van der Waals surface area contributed by atoms with E-state index in [9.17, 15) is 13.6 Å². The molecule has 1 heterocycles. The number of methoxy groups -OCH3 is 1. The lowest BCUT2D eigenvalue weighted by Crippen LogP contribution is -2.03. The van der Waals surface area contributed by atoms with E-state index in [0.29, 0.717) is 11.4 Å². The SMILES string of the molecule is COc1cc(/C=C/C(=O)OCc2nc(-c3ccc(C)cc3)no2)ccc1OC(F)F. The van der Waals surface area contributed by atoms with Crippen LogP contribution < -0.4 is 9.47 Å². The normalized spacial score (nSPS) is 11.1. The fourth-order valence-electron chi connectivity index (χ4n) is 2.46. The van der Waals surface area contributed by atoms with Crippen molar-refractivity contribution in [2.45, 2.75) is 20.1 Å². The van der Waals surface area contributed by atoms with Crippen LogP contribution in [0.15, 0.2) is 53.1 Å². The van der Waals surface area contributed by atoms with Crippen LogP contribution in [0, 0.1) is 6.92 Å². The summed E-state index contributed by atoms with van der Waals surface area (Å²) in [5, 5.41) is 3.86. The number of hydrogen-bond acceptors (Lipinski definition) is 7. The van der Waals surface area contributed by atoms with Crippen LogP contribution in [0.2, 0.25) is 0 Å². The van der Waals surface area contributed by atoms with E-state index in [1.807, 2.05) is 31.2 Å². The van der Waals surface area contributed by atoms with Gasteiger partial charge in [-0.15, -0.1) is 0 Å². The quantitative estimate of drug-likeness (QED) is 0.397. The molecule has 3 rings (SSSR count). The van der Waals surface area contributed by atoms with Gasteiger partial charge in [0.05, 0.1) is 7.11 Å².